The highest BCUT2D eigenvalue weighted by atomic mass is 32.2. The van der Waals surface area contributed by atoms with Gasteiger partial charge in [0.1, 0.15) is 6.61 Å². The molecule has 11 heteroatoms. The van der Waals surface area contributed by atoms with Crippen molar-refractivity contribution in [3.63, 3.8) is 0 Å². The van der Waals surface area contributed by atoms with E-state index in [2.05, 4.69) is 11.4 Å². The number of hydrogen-bond acceptors (Lipinski definition) is 8. The van der Waals surface area contributed by atoms with Gasteiger partial charge in [-0.2, -0.15) is 0 Å². The standard InChI is InChI=1S/C33H63O9PS/c1-3-4-5-6-7-13-17-20-23-26-33(36)42-31(29-41-43(37,38)39)28-40-32(35)25-22-19-16-14-11-9-8-10-12-15-18-21-24-27-44-30(2)34/h31H,3-29H2,1-2H3,(H2,37,38,39)/t31-/m1/s1. The summed E-state index contributed by atoms with van der Waals surface area (Å²) in [6.45, 7) is 2.99. The van der Waals surface area contributed by atoms with E-state index in [1.54, 1.807) is 6.92 Å². The fourth-order valence-corrected chi connectivity index (χ4v) is 5.91. The molecule has 0 unspecified atom stereocenters. The molecule has 0 aromatic heterocycles. The number of carbonyl (C=O) groups excluding carboxylic acids is 3. The van der Waals surface area contributed by atoms with Gasteiger partial charge in [0.25, 0.3) is 0 Å². The van der Waals surface area contributed by atoms with Crippen LogP contribution >= 0.6 is 19.6 Å². The van der Waals surface area contributed by atoms with Gasteiger partial charge >= 0.3 is 19.8 Å². The number of phosphoric acid groups is 1. The Labute approximate surface area is 272 Å². The van der Waals surface area contributed by atoms with Gasteiger partial charge in [-0.05, 0) is 19.3 Å². The number of ether oxygens (including phenoxy) is 2. The van der Waals surface area contributed by atoms with Crippen LogP contribution in [0.15, 0.2) is 0 Å². The average molecular weight is 667 g/mol. The highest BCUT2D eigenvalue weighted by Crippen LogP contribution is 2.36. The number of hydrogen-bond donors (Lipinski definition) is 2. The van der Waals surface area contributed by atoms with Crippen molar-refractivity contribution in [3.8, 4) is 0 Å². The fraction of sp³-hybridized carbons (Fsp3) is 0.909. The van der Waals surface area contributed by atoms with Crippen LogP contribution in [0.25, 0.3) is 0 Å². The summed E-state index contributed by atoms with van der Waals surface area (Å²) in [5, 5.41) is 0.211. The molecule has 0 radical (unpaired) electrons. The Morgan fingerprint density at radius 3 is 1.45 bits per heavy atom. The van der Waals surface area contributed by atoms with E-state index in [9.17, 15) is 18.9 Å². The zero-order valence-corrected chi connectivity index (χ0v) is 29.5. The maximum Gasteiger partial charge on any atom is 0.469 e. The van der Waals surface area contributed by atoms with Gasteiger partial charge in [-0.1, -0.05) is 141 Å². The summed E-state index contributed by atoms with van der Waals surface area (Å²) in [6, 6.07) is 0. The van der Waals surface area contributed by atoms with Crippen LogP contribution in [0.4, 0.5) is 0 Å². The number of unbranched alkanes of at least 4 members (excludes halogenated alkanes) is 20. The van der Waals surface area contributed by atoms with Gasteiger partial charge in [-0.3, -0.25) is 18.9 Å². The number of thioether (sulfide) groups is 1. The molecule has 0 heterocycles. The first-order valence-corrected chi connectivity index (χ1v) is 19.8. The Hall–Kier alpha value is -0.930. The molecule has 0 aromatic rings. The molecule has 260 valence electrons. The molecule has 0 aliphatic heterocycles. The molecule has 0 amide bonds. The van der Waals surface area contributed by atoms with Gasteiger partial charge in [-0.25, -0.2) is 4.57 Å². The van der Waals surface area contributed by atoms with Crippen LogP contribution in [0.5, 0.6) is 0 Å². The van der Waals surface area contributed by atoms with E-state index in [1.165, 1.54) is 95.2 Å². The van der Waals surface area contributed by atoms with E-state index in [0.717, 1.165) is 50.7 Å². The third kappa shape index (κ3) is 34.0. The summed E-state index contributed by atoms with van der Waals surface area (Å²) in [6.07, 6.45) is 24.5. The van der Waals surface area contributed by atoms with Gasteiger partial charge in [0.05, 0.1) is 6.61 Å². The number of rotatable bonds is 32. The minimum atomic E-state index is -4.74. The van der Waals surface area contributed by atoms with Crippen molar-refractivity contribution < 1.29 is 42.7 Å². The predicted octanol–water partition coefficient (Wildman–Crippen LogP) is 9.21. The van der Waals surface area contributed by atoms with E-state index in [4.69, 9.17) is 19.3 Å². The molecule has 0 rings (SSSR count). The lowest BCUT2D eigenvalue weighted by atomic mass is 10.0. The van der Waals surface area contributed by atoms with E-state index in [-0.39, 0.29) is 24.6 Å². The van der Waals surface area contributed by atoms with Crippen LogP contribution in [-0.2, 0) is 32.9 Å². The molecule has 2 N–H and O–H groups in total. The Kier molecular flexibility index (Phi) is 30.1. The number of phosphoric ester groups is 1. The Bertz CT molecular complexity index is 760. The molecule has 0 bridgehead atoms. The minimum Gasteiger partial charge on any atom is -0.462 e. The predicted molar refractivity (Wildman–Crippen MR) is 178 cm³/mol. The molecule has 0 saturated heterocycles. The van der Waals surface area contributed by atoms with Crippen molar-refractivity contribution in [2.75, 3.05) is 19.0 Å². The maximum absolute atomic E-state index is 12.3. The molecule has 44 heavy (non-hydrogen) atoms. The quantitative estimate of drug-likeness (QED) is 0.0406. The highest BCUT2D eigenvalue weighted by molar-refractivity contribution is 8.13. The molecular formula is C33H63O9PS. The normalized spacial score (nSPS) is 12.3. The zero-order valence-electron chi connectivity index (χ0n) is 27.8. The second-order valence-corrected chi connectivity index (χ2v) is 14.4. The van der Waals surface area contributed by atoms with Crippen molar-refractivity contribution >= 4 is 36.6 Å². The Balaban J connectivity index is 3.88. The topological polar surface area (TPSA) is 136 Å². The molecule has 0 spiro atoms. The lowest BCUT2D eigenvalue weighted by Gasteiger charge is -2.18. The van der Waals surface area contributed by atoms with Gasteiger partial charge in [0.2, 0.25) is 0 Å². The lowest BCUT2D eigenvalue weighted by molar-refractivity contribution is -0.161. The SMILES string of the molecule is CCCCCCCCCCCC(=O)O[C@H](COC(=O)CCCCCCCCCCCCCCCSC(C)=O)COP(=O)(O)O. The second kappa shape index (κ2) is 30.7. The summed E-state index contributed by atoms with van der Waals surface area (Å²) in [4.78, 5) is 53.4. The maximum atomic E-state index is 12.3. The van der Waals surface area contributed by atoms with Crippen molar-refractivity contribution in [1.82, 2.24) is 0 Å². The lowest BCUT2D eigenvalue weighted by Crippen LogP contribution is -2.29. The summed E-state index contributed by atoms with van der Waals surface area (Å²) in [5.41, 5.74) is 0. The van der Waals surface area contributed by atoms with Crippen LogP contribution in [0.2, 0.25) is 0 Å². The van der Waals surface area contributed by atoms with E-state index in [1.807, 2.05) is 0 Å². The van der Waals surface area contributed by atoms with E-state index in [0.29, 0.717) is 12.8 Å². The third-order valence-corrected chi connectivity index (χ3v) is 8.86. The van der Waals surface area contributed by atoms with Crippen LogP contribution in [0.1, 0.15) is 168 Å². The Morgan fingerprint density at radius 2 is 1.02 bits per heavy atom. The zero-order chi connectivity index (χ0) is 32.7. The minimum absolute atomic E-state index is 0.208. The molecule has 0 aliphatic carbocycles. The fourth-order valence-electron chi connectivity index (χ4n) is 4.91. The van der Waals surface area contributed by atoms with Crippen LogP contribution < -0.4 is 0 Å². The average Bonchev–Trinajstić information content (AvgIpc) is 2.96. The molecule has 1 atom stereocenters. The summed E-state index contributed by atoms with van der Waals surface area (Å²) in [7, 11) is -4.74. The summed E-state index contributed by atoms with van der Waals surface area (Å²) in [5.74, 6) is 0.0454. The van der Waals surface area contributed by atoms with Gasteiger partial charge in [-0.15, -0.1) is 0 Å². The van der Waals surface area contributed by atoms with Crippen molar-refractivity contribution in [2.45, 2.75) is 174 Å². The van der Waals surface area contributed by atoms with Gasteiger partial charge < -0.3 is 19.3 Å². The first-order valence-electron chi connectivity index (χ1n) is 17.3. The highest BCUT2D eigenvalue weighted by Gasteiger charge is 2.22. The van der Waals surface area contributed by atoms with Crippen LogP contribution in [-0.4, -0.2) is 51.9 Å². The van der Waals surface area contributed by atoms with E-state index >= 15 is 0 Å². The van der Waals surface area contributed by atoms with Crippen LogP contribution in [0, 0.1) is 0 Å². The number of esters is 2. The third-order valence-electron chi connectivity index (χ3n) is 7.47. The largest absolute Gasteiger partial charge is 0.469 e. The second-order valence-electron chi connectivity index (χ2n) is 11.8. The molecule has 0 saturated carbocycles. The summed E-state index contributed by atoms with van der Waals surface area (Å²) < 4.78 is 26.2. The van der Waals surface area contributed by atoms with Gasteiger partial charge in [0.15, 0.2) is 11.2 Å². The van der Waals surface area contributed by atoms with Gasteiger partial charge in [0, 0.05) is 25.5 Å². The molecule has 9 nitrogen and oxygen atoms in total. The van der Waals surface area contributed by atoms with Crippen molar-refractivity contribution in [3.05, 3.63) is 0 Å². The number of carbonyl (C=O) groups is 3. The molecule has 0 aromatic carbocycles. The van der Waals surface area contributed by atoms with Crippen molar-refractivity contribution in [1.29, 1.82) is 0 Å². The first kappa shape index (κ1) is 43.1. The molecular weight excluding hydrogens is 603 g/mol. The van der Waals surface area contributed by atoms with E-state index < -0.39 is 32.5 Å². The smallest absolute Gasteiger partial charge is 0.462 e. The molecule has 0 fully saturated rings. The summed E-state index contributed by atoms with van der Waals surface area (Å²) >= 11 is 1.43. The Morgan fingerprint density at radius 1 is 0.614 bits per heavy atom. The van der Waals surface area contributed by atoms with Crippen LogP contribution in [0.3, 0.4) is 0 Å². The molecule has 0 aliphatic rings. The monoisotopic (exact) mass is 666 g/mol. The first-order chi connectivity index (χ1) is 21.1. The van der Waals surface area contributed by atoms with Crippen molar-refractivity contribution in [2.24, 2.45) is 0 Å².